The Hall–Kier alpha value is -0.770. The molecule has 0 aliphatic carbocycles. The number of ether oxygens (including phenoxy) is 1. The van der Waals surface area contributed by atoms with Gasteiger partial charge in [-0.2, -0.15) is 0 Å². The number of rotatable bonds is 2. The van der Waals surface area contributed by atoms with Crippen LogP contribution in [0.15, 0.2) is 0 Å². The third-order valence-electron chi connectivity index (χ3n) is 2.20. The van der Waals surface area contributed by atoms with E-state index in [1.807, 2.05) is 0 Å². The molecule has 76 valence electrons. The van der Waals surface area contributed by atoms with Gasteiger partial charge >= 0.3 is 6.09 Å². The fourth-order valence-corrected chi connectivity index (χ4v) is 1.35. The number of aliphatic hydroxyl groups is 1. The number of hydrogen-bond donors (Lipinski definition) is 1. The highest BCUT2D eigenvalue weighted by molar-refractivity contribution is 5.67. The average Bonchev–Trinajstić information content (AvgIpc) is 2.19. The van der Waals surface area contributed by atoms with Crippen LogP contribution >= 0.6 is 0 Å². The molecule has 1 N–H and O–H groups in total. The highest BCUT2D eigenvalue weighted by Gasteiger charge is 2.19. The van der Waals surface area contributed by atoms with Gasteiger partial charge in [0, 0.05) is 19.5 Å². The van der Waals surface area contributed by atoms with Crippen molar-refractivity contribution in [2.24, 2.45) is 0 Å². The molecule has 0 aromatic rings. The summed E-state index contributed by atoms with van der Waals surface area (Å²) in [5.41, 5.74) is 0. The number of hydrogen-bond acceptors (Lipinski definition) is 3. The van der Waals surface area contributed by atoms with Crippen LogP contribution in [0.5, 0.6) is 0 Å². The number of aliphatic hydroxyl groups excluding tert-OH is 1. The highest BCUT2D eigenvalue weighted by atomic mass is 16.6. The molecule has 0 unspecified atom stereocenters. The Labute approximate surface area is 78.5 Å². The summed E-state index contributed by atoms with van der Waals surface area (Å²) in [5, 5.41) is 9.09. The molecule has 1 fully saturated rings. The number of amides is 1. The zero-order chi connectivity index (χ0) is 9.68. The number of carbonyl (C=O) groups excluding carboxylic acids is 1. The van der Waals surface area contributed by atoms with Crippen LogP contribution in [0.3, 0.4) is 0 Å². The van der Waals surface area contributed by atoms with Crippen LogP contribution in [0, 0.1) is 0 Å². The normalized spacial score (nSPS) is 19.7. The van der Waals surface area contributed by atoms with E-state index in [1.54, 1.807) is 11.8 Å². The van der Waals surface area contributed by atoms with Crippen molar-refractivity contribution in [1.29, 1.82) is 0 Å². The minimum atomic E-state index is -0.950. The summed E-state index contributed by atoms with van der Waals surface area (Å²) in [4.78, 5) is 13.0. The zero-order valence-electron chi connectivity index (χ0n) is 8.03. The molecule has 1 rings (SSSR count). The lowest BCUT2D eigenvalue weighted by atomic mass is 10.1. The predicted octanol–water partition coefficient (Wildman–Crippen LogP) is 1.34. The maximum absolute atomic E-state index is 11.3. The van der Waals surface area contributed by atoms with Crippen molar-refractivity contribution < 1.29 is 14.6 Å². The molecule has 0 saturated carbocycles. The largest absolute Gasteiger partial charge is 0.420 e. The Kier molecular flexibility index (Phi) is 4.02. The summed E-state index contributed by atoms with van der Waals surface area (Å²) in [6.07, 6.45) is 2.37. The Morgan fingerprint density at radius 2 is 2.08 bits per heavy atom. The van der Waals surface area contributed by atoms with Crippen molar-refractivity contribution in [3.63, 3.8) is 0 Å². The van der Waals surface area contributed by atoms with E-state index in [2.05, 4.69) is 0 Å². The predicted molar refractivity (Wildman–Crippen MR) is 48.2 cm³/mol. The second kappa shape index (κ2) is 5.07. The van der Waals surface area contributed by atoms with E-state index in [0.29, 0.717) is 6.42 Å². The first-order chi connectivity index (χ1) is 6.24. The zero-order valence-corrected chi connectivity index (χ0v) is 8.03. The number of carbonyl (C=O) groups is 1. The van der Waals surface area contributed by atoms with Gasteiger partial charge in [-0.15, -0.1) is 0 Å². The number of piperidine rings is 1. The molecule has 0 radical (unpaired) electrons. The van der Waals surface area contributed by atoms with Crippen molar-refractivity contribution in [3.05, 3.63) is 0 Å². The second-order valence-corrected chi connectivity index (χ2v) is 3.29. The van der Waals surface area contributed by atoms with Crippen molar-refractivity contribution in [2.75, 3.05) is 13.1 Å². The first-order valence-electron chi connectivity index (χ1n) is 4.87. The van der Waals surface area contributed by atoms with Crippen LogP contribution in [0.4, 0.5) is 4.79 Å². The van der Waals surface area contributed by atoms with Gasteiger partial charge in [0.15, 0.2) is 0 Å². The third kappa shape index (κ3) is 3.22. The van der Waals surface area contributed by atoms with Crippen molar-refractivity contribution >= 4 is 6.09 Å². The van der Waals surface area contributed by atoms with Crippen molar-refractivity contribution in [2.45, 2.75) is 38.9 Å². The van der Waals surface area contributed by atoms with E-state index in [0.717, 1.165) is 25.9 Å². The quantitative estimate of drug-likeness (QED) is 0.663. The number of nitrogens with zero attached hydrogens (tertiary/aromatic N) is 1. The van der Waals surface area contributed by atoms with Crippen LogP contribution < -0.4 is 0 Å². The lowest BCUT2D eigenvalue weighted by molar-refractivity contribution is -0.0665. The van der Waals surface area contributed by atoms with Gasteiger partial charge in [0.1, 0.15) is 0 Å². The molecule has 1 atom stereocenters. The molecular formula is C9H17NO3. The first kappa shape index (κ1) is 10.3. The summed E-state index contributed by atoms with van der Waals surface area (Å²) in [5.74, 6) is 0. The molecule has 1 aliphatic rings. The van der Waals surface area contributed by atoms with Gasteiger partial charge in [-0.05, 0) is 19.3 Å². The minimum absolute atomic E-state index is 0.381. The molecule has 0 bridgehead atoms. The standard InChI is InChI=1S/C9H17NO3/c1-2-8(11)13-9(12)10-6-4-3-5-7-10/h8,11H,2-7H2,1H3/t8-/m1/s1. The van der Waals surface area contributed by atoms with E-state index >= 15 is 0 Å². The van der Waals surface area contributed by atoms with E-state index in [9.17, 15) is 4.79 Å². The lowest BCUT2D eigenvalue weighted by Crippen LogP contribution is -2.37. The topological polar surface area (TPSA) is 49.8 Å². The summed E-state index contributed by atoms with van der Waals surface area (Å²) < 4.78 is 4.78. The molecule has 0 aromatic heterocycles. The van der Waals surface area contributed by atoms with Gasteiger partial charge in [0.2, 0.25) is 6.29 Å². The van der Waals surface area contributed by atoms with Crippen LogP contribution in [0.2, 0.25) is 0 Å². The summed E-state index contributed by atoms with van der Waals surface area (Å²) in [6, 6.07) is 0. The minimum Gasteiger partial charge on any atom is -0.420 e. The average molecular weight is 187 g/mol. The van der Waals surface area contributed by atoms with Crippen LogP contribution in [0.25, 0.3) is 0 Å². The smallest absolute Gasteiger partial charge is 0.412 e. The first-order valence-corrected chi connectivity index (χ1v) is 4.87. The second-order valence-electron chi connectivity index (χ2n) is 3.29. The van der Waals surface area contributed by atoms with Gasteiger partial charge in [-0.25, -0.2) is 4.79 Å². The van der Waals surface area contributed by atoms with Crippen molar-refractivity contribution in [3.8, 4) is 0 Å². The Bertz CT molecular complexity index is 166. The monoisotopic (exact) mass is 187 g/mol. The van der Waals surface area contributed by atoms with E-state index in [1.165, 1.54) is 6.42 Å². The van der Waals surface area contributed by atoms with E-state index < -0.39 is 6.29 Å². The summed E-state index contributed by atoms with van der Waals surface area (Å²) in [6.45, 7) is 3.29. The fourth-order valence-electron chi connectivity index (χ4n) is 1.35. The maximum atomic E-state index is 11.3. The van der Waals surface area contributed by atoms with E-state index in [4.69, 9.17) is 9.84 Å². The summed E-state index contributed by atoms with van der Waals surface area (Å²) in [7, 11) is 0. The lowest BCUT2D eigenvalue weighted by Gasteiger charge is -2.26. The SMILES string of the molecule is CC[C@H](O)OC(=O)N1CCCCC1. The van der Waals surface area contributed by atoms with Gasteiger partial charge in [0.25, 0.3) is 0 Å². The molecule has 0 aromatic carbocycles. The fraction of sp³-hybridized carbons (Fsp3) is 0.889. The molecule has 1 heterocycles. The third-order valence-corrected chi connectivity index (χ3v) is 2.20. The molecule has 1 saturated heterocycles. The van der Waals surface area contributed by atoms with Gasteiger partial charge < -0.3 is 14.7 Å². The van der Waals surface area contributed by atoms with Gasteiger partial charge in [0.05, 0.1) is 0 Å². The van der Waals surface area contributed by atoms with E-state index in [-0.39, 0.29) is 6.09 Å². The van der Waals surface area contributed by atoms with Gasteiger partial charge in [-0.3, -0.25) is 0 Å². The molecular weight excluding hydrogens is 170 g/mol. The molecule has 4 nitrogen and oxygen atoms in total. The van der Waals surface area contributed by atoms with Crippen LogP contribution in [0.1, 0.15) is 32.6 Å². The Balaban J connectivity index is 2.29. The van der Waals surface area contributed by atoms with Crippen LogP contribution in [-0.4, -0.2) is 35.5 Å². The van der Waals surface area contributed by atoms with Crippen molar-refractivity contribution in [1.82, 2.24) is 4.90 Å². The molecule has 4 heteroatoms. The Morgan fingerprint density at radius 1 is 1.46 bits per heavy atom. The molecule has 1 aliphatic heterocycles. The molecule has 1 amide bonds. The Morgan fingerprint density at radius 3 is 2.62 bits per heavy atom. The molecule has 0 spiro atoms. The van der Waals surface area contributed by atoms with Gasteiger partial charge in [-0.1, -0.05) is 6.92 Å². The molecule has 13 heavy (non-hydrogen) atoms. The maximum Gasteiger partial charge on any atom is 0.412 e. The number of likely N-dealkylation sites (tertiary alicyclic amines) is 1. The highest BCUT2D eigenvalue weighted by Crippen LogP contribution is 2.10. The summed E-state index contributed by atoms with van der Waals surface area (Å²) >= 11 is 0. The van der Waals surface area contributed by atoms with Crippen LogP contribution in [-0.2, 0) is 4.74 Å².